The Morgan fingerprint density at radius 1 is 1.22 bits per heavy atom. The highest BCUT2D eigenvalue weighted by molar-refractivity contribution is 6.27. The smallest absolute Gasteiger partial charge is 0.235 e. The Hall–Kier alpha value is -0.770. The molecule has 18 heavy (non-hydrogen) atoms. The second kappa shape index (κ2) is 5.91. The van der Waals surface area contributed by atoms with Crippen LogP contribution in [0.3, 0.4) is 0 Å². The number of carbonyl (C=O) groups excluding carboxylic acids is 2. The van der Waals surface area contributed by atoms with Crippen LogP contribution in [0.15, 0.2) is 0 Å². The molecule has 2 aliphatic carbocycles. The highest BCUT2D eigenvalue weighted by Gasteiger charge is 2.40. The van der Waals surface area contributed by atoms with Gasteiger partial charge in [-0.1, -0.05) is 12.8 Å². The maximum atomic E-state index is 11.8. The Bertz CT molecular complexity index is 331. The van der Waals surface area contributed by atoms with E-state index in [4.69, 9.17) is 11.6 Å². The van der Waals surface area contributed by atoms with Crippen LogP contribution in [-0.2, 0) is 9.59 Å². The molecule has 0 bridgehead atoms. The van der Waals surface area contributed by atoms with Gasteiger partial charge in [-0.15, -0.1) is 11.6 Å². The molecule has 102 valence electrons. The molecule has 0 aromatic carbocycles. The van der Waals surface area contributed by atoms with E-state index < -0.39 is 0 Å². The third-order valence-corrected chi connectivity index (χ3v) is 4.10. The maximum absolute atomic E-state index is 11.8. The van der Waals surface area contributed by atoms with Crippen molar-refractivity contribution in [2.45, 2.75) is 63.6 Å². The molecule has 0 radical (unpaired) electrons. The Balaban J connectivity index is 2.05. The number of nitrogens with one attached hydrogen (secondary N) is 1. The average molecular weight is 273 g/mol. The predicted molar refractivity (Wildman–Crippen MR) is 70.4 cm³/mol. The number of halogens is 1. The first-order valence-corrected chi connectivity index (χ1v) is 7.31. The third kappa shape index (κ3) is 3.16. The van der Waals surface area contributed by atoms with Gasteiger partial charge in [0.05, 0.1) is 6.04 Å². The number of alkyl halides is 1. The highest BCUT2D eigenvalue weighted by Crippen LogP contribution is 2.33. The summed E-state index contributed by atoms with van der Waals surface area (Å²) in [6.45, 7) is 1.63. The van der Waals surface area contributed by atoms with Crippen molar-refractivity contribution in [3.05, 3.63) is 0 Å². The second-order valence-corrected chi connectivity index (χ2v) is 5.58. The summed E-state index contributed by atoms with van der Waals surface area (Å²) in [5.41, 5.74) is 0. The zero-order valence-corrected chi connectivity index (χ0v) is 11.6. The van der Waals surface area contributed by atoms with E-state index in [0.717, 1.165) is 38.5 Å². The molecule has 2 atom stereocenters. The van der Waals surface area contributed by atoms with Crippen LogP contribution in [0, 0.1) is 0 Å². The minimum absolute atomic E-state index is 0.00722. The summed E-state index contributed by atoms with van der Waals surface area (Å²) in [6.07, 6.45) is 6.39. The lowest BCUT2D eigenvalue weighted by Gasteiger charge is -2.40. The Morgan fingerprint density at radius 3 is 2.44 bits per heavy atom. The fraction of sp³-hybridized carbons (Fsp3) is 0.846. The minimum atomic E-state index is -0.132. The van der Waals surface area contributed by atoms with Gasteiger partial charge in [0.1, 0.15) is 5.88 Å². The van der Waals surface area contributed by atoms with E-state index in [1.807, 2.05) is 4.90 Å². The molecule has 0 aromatic rings. The summed E-state index contributed by atoms with van der Waals surface area (Å²) in [7, 11) is 0. The van der Waals surface area contributed by atoms with Crippen molar-refractivity contribution in [3.8, 4) is 0 Å². The van der Waals surface area contributed by atoms with Crippen LogP contribution < -0.4 is 5.32 Å². The van der Waals surface area contributed by atoms with E-state index in [1.165, 1.54) is 0 Å². The lowest BCUT2D eigenvalue weighted by atomic mass is 9.88. The molecule has 0 saturated heterocycles. The van der Waals surface area contributed by atoms with E-state index in [9.17, 15) is 9.59 Å². The van der Waals surface area contributed by atoms with Gasteiger partial charge in [-0.3, -0.25) is 9.59 Å². The van der Waals surface area contributed by atoms with Crippen molar-refractivity contribution in [1.29, 1.82) is 0 Å². The van der Waals surface area contributed by atoms with Crippen molar-refractivity contribution < 1.29 is 9.59 Å². The number of nitrogens with zero attached hydrogens (tertiary/aromatic N) is 1. The molecule has 4 nitrogen and oxygen atoms in total. The van der Waals surface area contributed by atoms with Crippen LogP contribution in [0.5, 0.6) is 0 Å². The largest absolute Gasteiger partial charge is 0.350 e. The van der Waals surface area contributed by atoms with E-state index in [0.29, 0.717) is 6.04 Å². The summed E-state index contributed by atoms with van der Waals surface area (Å²) in [6, 6.07) is 0.645. The molecule has 2 saturated carbocycles. The first kappa shape index (κ1) is 13.7. The minimum Gasteiger partial charge on any atom is -0.350 e. The van der Waals surface area contributed by atoms with Crippen LogP contribution in [0.25, 0.3) is 0 Å². The molecule has 0 spiro atoms. The van der Waals surface area contributed by atoms with Gasteiger partial charge in [0, 0.05) is 19.0 Å². The van der Waals surface area contributed by atoms with Crippen LogP contribution in [0.4, 0.5) is 0 Å². The van der Waals surface area contributed by atoms with E-state index in [1.54, 1.807) is 6.92 Å². The Labute approximate surface area is 113 Å². The predicted octanol–water partition coefficient (Wildman–Crippen LogP) is 1.66. The van der Waals surface area contributed by atoms with Gasteiger partial charge < -0.3 is 10.2 Å². The average Bonchev–Trinajstić information content (AvgIpc) is 3.15. The van der Waals surface area contributed by atoms with Gasteiger partial charge in [0.25, 0.3) is 0 Å². The summed E-state index contributed by atoms with van der Waals surface area (Å²) >= 11 is 5.54. The summed E-state index contributed by atoms with van der Waals surface area (Å²) in [5.74, 6) is -0.00501. The second-order valence-electron chi connectivity index (χ2n) is 5.32. The van der Waals surface area contributed by atoms with Gasteiger partial charge in [-0.2, -0.15) is 0 Å². The van der Waals surface area contributed by atoms with E-state index in [-0.39, 0.29) is 29.8 Å². The third-order valence-electron chi connectivity index (χ3n) is 3.86. The molecule has 2 unspecified atom stereocenters. The van der Waals surface area contributed by atoms with Crippen molar-refractivity contribution in [2.24, 2.45) is 0 Å². The number of rotatable bonds is 4. The van der Waals surface area contributed by atoms with Crippen LogP contribution >= 0.6 is 11.6 Å². The normalized spacial score (nSPS) is 27.7. The quantitative estimate of drug-likeness (QED) is 0.792. The summed E-state index contributed by atoms with van der Waals surface area (Å²) in [4.78, 5) is 25.3. The molecule has 0 heterocycles. The first-order chi connectivity index (χ1) is 8.63. The number of hydrogen-bond donors (Lipinski definition) is 1. The fourth-order valence-corrected chi connectivity index (χ4v) is 3.05. The molecular formula is C13H21ClN2O2. The Kier molecular flexibility index (Phi) is 4.49. The molecule has 5 heteroatoms. The summed E-state index contributed by atoms with van der Waals surface area (Å²) in [5, 5.41) is 2.97. The zero-order chi connectivity index (χ0) is 13.1. The summed E-state index contributed by atoms with van der Waals surface area (Å²) < 4.78 is 0. The lowest BCUT2D eigenvalue weighted by molar-refractivity contribution is -0.134. The lowest BCUT2D eigenvalue weighted by Crippen LogP contribution is -2.55. The number of carbonyl (C=O) groups is 2. The molecular weight excluding hydrogens is 252 g/mol. The molecule has 2 amide bonds. The van der Waals surface area contributed by atoms with Crippen molar-refractivity contribution >= 4 is 23.4 Å². The number of hydrogen-bond acceptors (Lipinski definition) is 2. The first-order valence-electron chi connectivity index (χ1n) is 6.77. The molecule has 1 N–H and O–H groups in total. The van der Waals surface area contributed by atoms with Gasteiger partial charge in [-0.25, -0.2) is 0 Å². The van der Waals surface area contributed by atoms with Crippen LogP contribution in [0.1, 0.15) is 45.4 Å². The molecule has 2 aliphatic rings. The van der Waals surface area contributed by atoms with Crippen LogP contribution in [0.2, 0.25) is 0 Å². The van der Waals surface area contributed by atoms with Gasteiger partial charge in [0.15, 0.2) is 0 Å². The maximum Gasteiger partial charge on any atom is 0.235 e. The van der Waals surface area contributed by atoms with E-state index in [2.05, 4.69) is 5.32 Å². The fourth-order valence-electron chi connectivity index (χ4n) is 2.97. The van der Waals surface area contributed by atoms with Gasteiger partial charge in [0.2, 0.25) is 11.8 Å². The molecule has 0 aromatic heterocycles. The standard InChI is InChI=1S/C13H21ClN2O2/c1-9(17)16(10-6-7-10)12-5-3-2-4-11(12)15-13(18)8-14/h10-12H,2-8H2,1H3,(H,15,18). The van der Waals surface area contributed by atoms with Gasteiger partial charge >= 0.3 is 0 Å². The van der Waals surface area contributed by atoms with Crippen LogP contribution in [-0.4, -0.2) is 40.7 Å². The number of amides is 2. The van der Waals surface area contributed by atoms with Gasteiger partial charge in [-0.05, 0) is 25.7 Å². The van der Waals surface area contributed by atoms with Crippen molar-refractivity contribution in [2.75, 3.05) is 5.88 Å². The van der Waals surface area contributed by atoms with Crippen molar-refractivity contribution in [1.82, 2.24) is 10.2 Å². The van der Waals surface area contributed by atoms with E-state index >= 15 is 0 Å². The topological polar surface area (TPSA) is 49.4 Å². The zero-order valence-electron chi connectivity index (χ0n) is 10.8. The molecule has 2 fully saturated rings. The monoisotopic (exact) mass is 272 g/mol. The highest BCUT2D eigenvalue weighted by atomic mass is 35.5. The Morgan fingerprint density at radius 2 is 1.89 bits per heavy atom. The molecule has 2 rings (SSSR count). The van der Waals surface area contributed by atoms with Crippen molar-refractivity contribution in [3.63, 3.8) is 0 Å². The SMILES string of the molecule is CC(=O)N(C1CC1)C1CCCCC1NC(=O)CCl. The molecule has 0 aliphatic heterocycles.